The van der Waals surface area contributed by atoms with E-state index in [0.717, 1.165) is 27.8 Å². The van der Waals surface area contributed by atoms with Crippen LogP contribution < -0.4 is 10.5 Å². The van der Waals surface area contributed by atoms with Crippen molar-refractivity contribution in [3.8, 4) is 5.75 Å². The van der Waals surface area contributed by atoms with Gasteiger partial charge in [0.1, 0.15) is 5.75 Å². The van der Waals surface area contributed by atoms with E-state index < -0.39 is 0 Å². The van der Waals surface area contributed by atoms with Gasteiger partial charge in [0.05, 0.1) is 7.11 Å². The van der Waals surface area contributed by atoms with Gasteiger partial charge in [-0.3, -0.25) is 0 Å². The van der Waals surface area contributed by atoms with Crippen LogP contribution in [0.1, 0.15) is 22.7 Å². The van der Waals surface area contributed by atoms with Gasteiger partial charge in [-0.15, -0.1) is 0 Å². The van der Waals surface area contributed by atoms with Crippen LogP contribution >= 0.6 is 15.9 Å². The van der Waals surface area contributed by atoms with E-state index in [-0.39, 0.29) is 6.04 Å². The summed E-state index contributed by atoms with van der Waals surface area (Å²) in [5.74, 6) is 0.895. The molecule has 0 aliphatic rings. The summed E-state index contributed by atoms with van der Waals surface area (Å²) in [5.41, 5.74) is 9.78. The fourth-order valence-electron chi connectivity index (χ4n) is 2.12. The average Bonchev–Trinajstić information content (AvgIpc) is 2.42. The highest BCUT2D eigenvalue weighted by atomic mass is 79.9. The van der Waals surface area contributed by atoms with E-state index in [1.54, 1.807) is 7.11 Å². The molecule has 0 amide bonds. The first kappa shape index (κ1) is 14.1. The topological polar surface area (TPSA) is 35.2 Å². The molecule has 0 saturated heterocycles. The van der Waals surface area contributed by atoms with E-state index in [1.807, 2.05) is 24.3 Å². The van der Waals surface area contributed by atoms with Crippen molar-refractivity contribution in [1.29, 1.82) is 0 Å². The lowest BCUT2D eigenvalue weighted by atomic mass is 9.98. The van der Waals surface area contributed by atoms with Crippen molar-refractivity contribution < 1.29 is 4.74 Å². The van der Waals surface area contributed by atoms with Crippen LogP contribution in [0, 0.1) is 6.92 Å². The average molecular weight is 320 g/mol. The lowest BCUT2D eigenvalue weighted by Gasteiger charge is -2.15. The standard InChI is InChI=1S/C16H18BrNO/c1-11-9-12(7-8-14(11)17)15(18)10-13-5-3-4-6-16(13)19-2/h3-9,15H,10,18H2,1-2H3. The molecule has 0 bridgehead atoms. The molecule has 0 aromatic heterocycles. The second kappa shape index (κ2) is 6.22. The number of benzene rings is 2. The number of hydrogen-bond acceptors (Lipinski definition) is 2. The van der Waals surface area contributed by atoms with Crippen molar-refractivity contribution in [2.75, 3.05) is 7.11 Å². The van der Waals surface area contributed by atoms with Crippen LogP contribution in [0.5, 0.6) is 5.75 Å². The number of methoxy groups -OCH3 is 1. The monoisotopic (exact) mass is 319 g/mol. The molecule has 2 rings (SSSR count). The Morgan fingerprint density at radius 2 is 1.95 bits per heavy atom. The molecule has 2 aromatic rings. The Morgan fingerprint density at radius 1 is 1.21 bits per heavy atom. The van der Waals surface area contributed by atoms with Gasteiger partial charge in [-0.05, 0) is 42.2 Å². The van der Waals surface area contributed by atoms with Gasteiger partial charge < -0.3 is 10.5 Å². The predicted octanol–water partition coefficient (Wildman–Crippen LogP) is 4.01. The maximum Gasteiger partial charge on any atom is 0.122 e. The van der Waals surface area contributed by atoms with Crippen molar-refractivity contribution in [2.45, 2.75) is 19.4 Å². The molecule has 0 spiro atoms. The van der Waals surface area contributed by atoms with E-state index in [9.17, 15) is 0 Å². The highest BCUT2D eigenvalue weighted by Gasteiger charge is 2.11. The van der Waals surface area contributed by atoms with E-state index >= 15 is 0 Å². The van der Waals surface area contributed by atoms with Crippen LogP contribution in [0.4, 0.5) is 0 Å². The van der Waals surface area contributed by atoms with Crippen LogP contribution in [0.2, 0.25) is 0 Å². The Balaban J connectivity index is 2.20. The summed E-state index contributed by atoms with van der Waals surface area (Å²) in [6, 6.07) is 14.2. The number of rotatable bonds is 4. The lowest BCUT2D eigenvalue weighted by Crippen LogP contribution is -2.14. The van der Waals surface area contributed by atoms with Crippen molar-refractivity contribution in [3.05, 3.63) is 63.6 Å². The summed E-state index contributed by atoms with van der Waals surface area (Å²) in [6.07, 6.45) is 0.769. The molecule has 2 aromatic carbocycles. The summed E-state index contributed by atoms with van der Waals surface area (Å²) >= 11 is 3.51. The van der Waals surface area contributed by atoms with Gasteiger partial charge in [0, 0.05) is 10.5 Å². The Morgan fingerprint density at radius 3 is 2.63 bits per heavy atom. The van der Waals surface area contributed by atoms with Crippen molar-refractivity contribution in [2.24, 2.45) is 5.73 Å². The highest BCUT2D eigenvalue weighted by molar-refractivity contribution is 9.10. The molecule has 0 saturated carbocycles. The largest absolute Gasteiger partial charge is 0.496 e. The molecule has 100 valence electrons. The molecule has 19 heavy (non-hydrogen) atoms. The molecule has 0 aliphatic heterocycles. The number of ether oxygens (including phenoxy) is 1. The van der Waals surface area contributed by atoms with Gasteiger partial charge >= 0.3 is 0 Å². The Bertz CT molecular complexity index is 568. The summed E-state index contributed by atoms with van der Waals surface area (Å²) in [6.45, 7) is 2.07. The Hall–Kier alpha value is -1.32. The smallest absolute Gasteiger partial charge is 0.122 e. The summed E-state index contributed by atoms with van der Waals surface area (Å²) in [4.78, 5) is 0. The van der Waals surface area contributed by atoms with Crippen LogP contribution in [0.3, 0.4) is 0 Å². The Labute approximate surface area is 122 Å². The molecular weight excluding hydrogens is 302 g/mol. The first-order chi connectivity index (χ1) is 9.11. The van der Waals surface area contributed by atoms with E-state index in [1.165, 1.54) is 5.56 Å². The summed E-state index contributed by atoms with van der Waals surface area (Å²) in [7, 11) is 1.69. The van der Waals surface area contributed by atoms with Gasteiger partial charge in [0.25, 0.3) is 0 Å². The van der Waals surface area contributed by atoms with Gasteiger partial charge in [-0.25, -0.2) is 0 Å². The molecule has 0 aliphatic carbocycles. The minimum atomic E-state index is -0.0249. The van der Waals surface area contributed by atoms with Crippen LogP contribution in [-0.2, 0) is 6.42 Å². The number of hydrogen-bond donors (Lipinski definition) is 1. The van der Waals surface area contributed by atoms with Crippen LogP contribution in [-0.4, -0.2) is 7.11 Å². The fourth-order valence-corrected chi connectivity index (χ4v) is 2.37. The molecule has 2 N–H and O–H groups in total. The maximum absolute atomic E-state index is 6.30. The molecule has 0 fully saturated rings. The van der Waals surface area contributed by atoms with Gasteiger partial charge in [-0.2, -0.15) is 0 Å². The third kappa shape index (κ3) is 3.37. The third-order valence-corrected chi connectivity index (χ3v) is 4.13. The van der Waals surface area contributed by atoms with Crippen molar-refractivity contribution in [1.82, 2.24) is 0 Å². The Kier molecular flexibility index (Phi) is 4.61. The zero-order chi connectivity index (χ0) is 13.8. The van der Waals surface area contributed by atoms with Crippen LogP contribution in [0.15, 0.2) is 46.9 Å². The second-order valence-electron chi connectivity index (χ2n) is 4.63. The molecular formula is C16H18BrNO. The minimum Gasteiger partial charge on any atom is -0.496 e. The normalized spacial score (nSPS) is 12.2. The van der Waals surface area contributed by atoms with Crippen molar-refractivity contribution >= 4 is 15.9 Å². The number of nitrogens with two attached hydrogens (primary N) is 1. The molecule has 1 unspecified atom stereocenters. The van der Waals surface area contributed by atoms with Gasteiger partial charge in [0.15, 0.2) is 0 Å². The second-order valence-corrected chi connectivity index (χ2v) is 5.49. The maximum atomic E-state index is 6.30. The van der Waals surface area contributed by atoms with Crippen molar-refractivity contribution in [3.63, 3.8) is 0 Å². The SMILES string of the molecule is COc1ccccc1CC(N)c1ccc(Br)c(C)c1. The lowest BCUT2D eigenvalue weighted by molar-refractivity contribution is 0.408. The van der Waals surface area contributed by atoms with Crippen LogP contribution in [0.25, 0.3) is 0 Å². The summed E-state index contributed by atoms with van der Waals surface area (Å²) < 4.78 is 6.47. The predicted molar refractivity (Wildman–Crippen MR) is 82.5 cm³/mol. The fraction of sp³-hybridized carbons (Fsp3) is 0.250. The molecule has 3 heteroatoms. The number of para-hydroxylation sites is 1. The highest BCUT2D eigenvalue weighted by Crippen LogP contribution is 2.25. The molecule has 1 atom stereocenters. The third-order valence-electron chi connectivity index (χ3n) is 3.24. The van der Waals surface area contributed by atoms with Gasteiger partial charge in [-0.1, -0.05) is 46.3 Å². The quantitative estimate of drug-likeness (QED) is 0.924. The van der Waals surface area contributed by atoms with Gasteiger partial charge in [0.2, 0.25) is 0 Å². The molecule has 0 radical (unpaired) electrons. The number of halogens is 1. The zero-order valence-corrected chi connectivity index (χ0v) is 12.8. The first-order valence-electron chi connectivity index (χ1n) is 6.25. The molecule has 2 nitrogen and oxygen atoms in total. The first-order valence-corrected chi connectivity index (χ1v) is 7.04. The van der Waals surface area contributed by atoms with E-state index in [0.29, 0.717) is 0 Å². The number of aryl methyl sites for hydroxylation is 1. The zero-order valence-electron chi connectivity index (χ0n) is 11.2. The van der Waals surface area contributed by atoms with E-state index in [2.05, 4.69) is 41.1 Å². The van der Waals surface area contributed by atoms with E-state index in [4.69, 9.17) is 10.5 Å². The summed E-state index contributed by atoms with van der Waals surface area (Å²) in [5, 5.41) is 0. The minimum absolute atomic E-state index is 0.0249. The molecule has 0 heterocycles.